The summed E-state index contributed by atoms with van der Waals surface area (Å²) in [7, 11) is 0. The van der Waals surface area contributed by atoms with Crippen LogP contribution in [0.5, 0.6) is 0 Å². The van der Waals surface area contributed by atoms with E-state index in [-0.39, 0.29) is 49.2 Å². The minimum Gasteiger partial charge on any atom is -0.370 e. The van der Waals surface area contributed by atoms with Crippen LogP contribution in [0.15, 0.2) is 12.7 Å². The molecule has 0 bridgehead atoms. The highest BCUT2D eigenvalue weighted by atomic mass is 16.2. The minimum atomic E-state index is -0.365. The zero-order valence-corrected chi connectivity index (χ0v) is 17.3. The Morgan fingerprint density at radius 2 is 1.93 bits per heavy atom. The molecule has 1 aliphatic rings. The molecule has 2 N–H and O–H groups in total. The number of likely N-dealkylation sites (tertiary alicyclic amines) is 1. The van der Waals surface area contributed by atoms with Crippen molar-refractivity contribution in [3.63, 3.8) is 0 Å². The van der Waals surface area contributed by atoms with Crippen LogP contribution in [-0.4, -0.2) is 77.6 Å². The number of nitrogens with two attached hydrogens (primary N) is 1. The second kappa shape index (κ2) is 11.5. The molecule has 8 heteroatoms. The van der Waals surface area contributed by atoms with Crippen molar-refractivity contribution < 1.29 is 19.2 Å². The van der Waals surface area contributed by atoms with E-state index in [1.807, 2.05) is 6.92 Å². The smallest absolute Gasteiger partial charge is 0.246 e. The summed E-state index contributed by atoms with van der Waals surface area (Å²) in [6, 6.07) is 0.0165. The van der Waals surface area contributed by atoms with Crippen LogP contribution in [0.1, 0.15) is 40.0 Å². The lowest BCUT2D eigenvalue weighted by molar-refractivity contribution is -0.135. The van der Waals surface area contributed by atoms with Gasteiger partial charge in [-0.1, -0.05) is 20.4 Å². The molecule has 0 radical (unpaired) electrons. The van der Waals surface area contributed by atoms with E-state index in [9.17, 15) is 19.2 Å². The molecule has 1 rings (SSSR count). The van der Waals surface area contributed by atoms with Gasteiger partial charge in [0.1, 0.15) is 0 Å². The molecule has 0 spiro atoms. The van der Waals surface area contributed by atoms with Crippen molar-refractivity contribution in [1.82, 2.24) is 14.7 Å². The normalized spacial score (nSPS) is 17.3. The molecule has 1 heterocycles. The Morgan fingerprint density at radius 3 is 2.46 bits per heavy atom. The second-order valence-electron chi connectivity index (χ2n) is 7.96. The highest BCUT2D eigenvalue weighted by Gasteiger charge is 2.28. The zero-order chi connectivity index (χ0) is 21.3. The fourth-order valence-corrected chi connectivity index (χ4v) is 3.66. The van der Waals surface area contributed by atoms with E-state index < -0.39 is 0 Å². The van der Waals surface area contributed by atoms with Crippen LogP contribution in [0, 0.1) is 11.8 Å². The average Bonchev–Trinajstić information content (AvgIpc) is 3.07. The maximum Gasteiger partial charge on any atom is 0.246 e. The third kappa shape index (κ3) is 7.70. The molecule has 2 atom stereocenters. The van der Waals surface area contributed by atoms with Crippen molar-refractivity contribution in [3.05, 3.63) is 12.7 Å². The van der Waals surface area contributed by atoms with Crippen LogP contribution in [0.3, 0.4) is 0 Å². The topological polar surface area (TPSA) is 104 Å². The molecule has 0 aliphatic carbocycles. The van der Waals surface area contributed by atoms with E-state index in [1.54, 1.807) is 9.80 Å². The first-order valence-electron chi connectivity index (χ1n) is 9.86. The first kappa shape index (κ1) is 23.7. The van der Waals surface area contributed by atoms with Crippen molar-refractivity contribution in [2.75, 3.05) is 32.7 Å². The van der Waals surface area contributed by atoms with E-state index in [0.717, 1.165) is 12.8 Å². The van der Waals surface area contributed by atoms with Crippen molar-refractivity contribution in [2.45, 2.75) is 46.1 Å². The number of hydrogen-bond donors (Lipinski definition) is 1. The summed E-state index contributed by atoms with van der Waals surface area (Å²) in [5, 5.41) is 0. The molecule has 28 heavy (non-hydrogen) atoms. The third-order valence-electron chi connectivity index (χ3n) is 5.05. The number of hydrogen-bond acceptors (Lipinski definition) is 4. The van der Waals surface area contributed by atoms with Gasteiger partial charge < -0.3 is 20.4 Å². The molecule has 8 nitrogen and oxygen atoms in total. The summed E-state index contributed by atoms with van der Waals surface area (Å²) in [6.45, 7) is 11.3. The lowest BCUT2D eigenvalue weighted by atomic mass is 10.0. The number of amides is 4. The Kier molecular flexibility index (Phi) is 9.68. The fourth-order valence-electron chi connectivity index (χ4n) is 3.66. The molecule has 1 aliphatic heterocycles. The van der Waals surface area contributed by atoms with E-state index in [4.69, 9.17) is 5.73 Å². The number of carbonyl (C=O) groups is 4. The third-order valence-corrected chi connectivity index (χ3v) is 5.05. The summed E-state index contributed by atoms with van der Waals surface area (Å²) in [5.74, 6) is -0.183. The fraction of sp³-hybridized carbons (Fsp3) is 0.700. The second-order valence-corrected chi connectivity index (χ2v) is 7.96. The lowest BCUT2D eigenvalue weighted by Crippen LogP contribution is -2.45. The maximum absolute atomic E-state index is 12.5. The number of carbonyl (C=O) groups excluding carboxylic acids is 4. The first-order valence-corrected chi connectivity index (χ1v) is 9.86. The van der Waals surface area contributed by atoms with Crippen molar-refractivity contribution in [3.8, 4) is 0 Å². The highest BCUT2D eigenvalue weighted by Crippen LogP contribution is 2.19. The standard InChI is InChI=1S/C20H34N4O4/c1-5-19(27)24(16(4)10-15(2)3)9-8-22(14-25)13-20(28)23-7-6-17(12-23)11-18(21)26/h5,14-17H,1,6-13H2,2-4H3,(H2,21,26). The summed E-state index contributed by atoms with van der Waals surface area (Å²) in [4.78, 5) is 51.9. The van der Waals surface area contributed by atoms with Crippen LogP contribution in [0.2, 0.25) is 0 Å². The highest BCUT2D eigenvalue weighted by molar-refractivity contribution is 5.87. The molecule has 0 aromatic rings. The van der Waals surface area contributed by atoms with Gasteiger partial charge in [0.05, 0.1) is 6.54 Å². The molecule has 0 saturated carbocycles. The molecule has 4 amide bonds. The molecule has 0 aromatic heterocycles. The Hall–Kier alpha value is -2.38. The predicted molar refractivity (Wildman–Crippen MR) is 107 cm³/mol. The van der Waals surface area contributed by atoms with Gasteiger partial charge in [-0.15, -0.1) is 0 Å². The van der Waals surface area contributed by atoms with Gasteiger partial charge in [0.15, 0.2) is 0 Å². The quantitative estimate of drug-likeness (QED) is 0.387. The molecule has 1 saturated heterocycles. The van der Waals surface area contributed by atoms with Crippen LogP contribution in [-0.2, 0) is 19.2 Å². The van der Waals surface area contributed by atoms with E-state index in [0.29, 0.717) is 32.0 Å². The molecular formula is C20H34N4O4. The first-order chi connectivity index (χ1) is 13.2. The van der Waals surface area contributed by atoms with Gasteiger partial charge in [0, 0.05) is 38.6 Å². The summed E-state index contributed by atoms with van der Waals surface area (Å²) in [5.41, 5.74) is 5.22. The van der Waals surface area contributed by atoms with Crippen LogP contribution < -0.4 is 5.73 Å². The zero-order valence-electron chi connectivity index (χ0n) is 17.3. The SMILES string of the molecule is C=CC(=O)N(CCN(C=O)CC(=O)N1CCC(CC(N)=O)C1)C(C)CC(C)C. The monoisotopic (exact) mass is 394 g/mol. The van der Waals surface area contributed by atoms with E-state index in [1.165, 1.54) is 11.0 Å². The Balaban J connectivity index is 2.59. The van der Waals surface area contributed by atoms with Gasteiger partial charge in [-0.3, -0.25) is 19.2 Å². The van der Waals surface area contributed by atoms with Crippen LogP contribution in [0.25, 0.3) is 0 Å². The van der Waals surface area contributed by atoms with E-state index in [2.05, 4.69) is 20.4 Å². The van der Waals surface area contributed by atoms with Crippen molar-refractivity contribution in [1.29, 1.82) is 0 Å². The van der Waals surface area contributed by atoms with E-state index >= 15 is 0 Å². The molecular weight excluding hydrogens is 360 g/mol. The van der Waals surface area contributed by atoms with Gasteiger partial charge in [0.25, 0.3) is 0 Å². The molecule has 1 fully saturated rings. The summed E-state index contributed by atoms with van der Waals surface area (Å²) < 4.78 is 0. The van der Waals surface area contributed by atoms with Crippen molar-refractivity contribution in [2.24, 2.45) is 17.6 Å². The number of nitrogens with zero attached hydrogens (tertiary/aromatic N) is 3. The Labute approximate surface area is 167 Å². The molecule has 2 unspecified atom stereocenters. The lowest BCUT2D eigenvalue weighted by Gasteiger charge is -2.31. The van der Waals surface area contributed by atoms with Gasteiger partial charge >= 0.3 is 0 Å². The largest absolute Gasteiger partial charge is 0.370 e. The Bertz CT molecular complexity index is 579. The average molecular weight is 395 g/mol. The minimum absolute atomic E-state index is 0.0165. The number of primary amides is 1. The molecule has 158 valence electrons. The van der Waals surface area contributed by atoms with Crippen LogP contribution >= 0.6 is 0 Å². The van der Waals surface area contributed by atoms with Gasteiger partial charge in [-0.25, -0.2) is 0 Å². The van der Waals surface area contributed by atoms with Crippen molar-refractivity contribution >= 4 is 24.1 Å². The van der Waals surface area contributed by atoms with Gasteiger partial charge in [-0.2, -0.15) is 0 Å². The predicted octanol–water partition coefficient (Wildman–Crippen LogP) is 0.618. The summed E-state index contributed by atoms with van der Waals surface area (Å²) >= 11 is 0. The Morgan fingerprint density at radius 1 is 1.25 bits per heavy atom. The summed E-state index contributed by atoms with van der Waals surface area (Å²) in [6.07, 6.45) is 3.77. The maximum atomic E-state index is 12.5. The van der Waals surface area contributed by atoms with Gasteiger partial charge in [-0.05, 0) is 37.7 Å². The number of rotatable bonds is 12. The van der Waals surface area contributed by atoms with Crippen LogP contribution in [0.4, 0.5) is 0 Å². The molecule has 0 aromatic carbocycles. The van der Waals surface area contributed by atoms with Gasteiger partial charge in [0.2, 0.25) is 24.1 Å².